The van der Waals surface area contributed by atoms with Crippen molar-refractivity contribution in [3.05, 3.63) is 83.1 Å². The molecule has 1 fully saturated rings. The van der Waals surface area contributed by atoms with Crippen LogP contribution in [0.4, 0.5) is 0 Å². The Morgan fingerprint density at radius 1 is 1.11 bits per heavy atom. The van der Waals surface area contributed by atoms with Gasteiger partial charge in [0.05, 0.1) is 30.4 Å². The maximum absolute atomic E-state index is 12.2. The zero-order chi connectivity index (χ0) is 25.8. The fourth-order valence-electron chi connectivity index (χ4n) is 4.87. The van der Waals surface area contributed by atoms with Crippen molar-refractivity contribution >= 4 is 40.3 Å². The third-order valence-corrected chi connectivity index (χ3v) is 8.59. The van der Waals surface area contributed by atoms with Gasteiger partial charge in [-0.2, -0.15) is 0 Å². The summed E-state index contributed by atoms with van der Waals surface area (Å²) in [7, 11) is 1.44. The number of methoxy groups -OCH3 is 1. The van der Waals surface area contributed by atoms with Crippen molar-refractivity contribution in [3.8, 4) is 16.9 Å². The lowest BCUT2D eigenvalue weighted by molar-refractivity contribution is -0.143. The smallest absolute Gasteiger partial charge is 0.316 e. The summed E-state index contributed by atoms with van der Waals surface area (Å²) in [4.78, 5) is 13.2. The Morgan fingerprint density at radius 3 is 2.62 bits per heavy atom. The summed E-state index contributed by atoms with van der Waals surface area (Å²) in [5, 5.41) is 1.80. The first kappa shape index (κ1) is 25.7. The van der Waals surface area contributed by atoms with Crippen LogP contribution in [-0.4, -0.2) is 25.4 Å². The number of aryl methyl sites for hydroxylation is 1. The molecule has 5 rings (SSSR count). The highest BCUT2D eigenvalue weighted by Crippen LogP contribution is 2.50. The molecule has 0 atom stereocenters. The molecule has 1 saturated carbocycles. The number of halogens is 1. The minimum Gasteiger partial charge on any atom is -0.493 e. The monoisotopic (exact) mass is 534 g/mol. The van der Waals surface area contributed by atoms with Crippen LogP contribution < -0.4 is 4.74 Å². The molecule has 37 heavy (non-hydrogen) atoms. The van der Waals surface area contributed by atoms with E-state index < -0.39 is 5.41 Å². The van der Waals surface area contributed by atoms with Gasteiger partial charge in [0.25, 0.3) is 0 Å². The Bertz CT molecular complexity index is 1390. The first-order valence-electron chi connectivity index (χ1n) is 12.8. The van der Waals surface area contributed by atoms with Crippen molar-refractivity contribution < 1.29 is 18.7 Å². The van der Waals surface area contributed by atoms with E-state index in [0.717, 1.165) is 81.7 Å². The molecule has 1 aliphatic carbocycles. The maximum atomic E-state index is 12.2. The van der Waals surface area contributed by atoms with Gasteiger partial charge in [-0.25, -0.2) is 0 Å². The van der Waals surface area contributed by atoms with Gasteiger partial charge in [0.1, 0.15) is 11.3 Å². The summed E-state index contributed by atoms with van der Waals surface area (Å²) in [6.45, 7) is 2.79. The number of furan rings is 1. The van der Waals surface area contributed by atoms with Crippen LogP contribution in [0.25, 0.3) is 22.1 Å². The fraction of sp³-hybridized carbons (Fsp3) is 0.323. The molecule has 0 bridgehead atoms. The average molecular weight is 535 g/mol. The molecule has 4 aromatic rings. The van der Waals surface area contributed by atoms with Crippen LogP contribution in [0.3, 0.4) is 0 Å². The van der Waals surface area contributed by atoms with E-state index in [0.29, 0.717) is 11.6 Å². The maximum Gasteiger partial charge on any atom is 0.316 e. The molecule has 0 saturated heterocycles. The van der Waals surface area contributed by atoms with Crippen molar-refractivity contribution in [3.63, 3.8) is 0 Å². The van der Waals surface area contributed by atoms with Gasteiger partial charge in [0.15, 0.2) is 0 Å². The quantitative estimate of drug-likeness (QED) is 0.110. The highest BCUT2D eigenvalue weighted by atomic mass is 35.5. The van der Waals surface area contributed by atoms with Gasteiger partial charge < -0.3 is 13.9 Å². The van der Waals surface area contributed by atoms with Gasteiger partial charge in [-0.15, -0.1) is 11.8 Å². The number of rotatable bonds is 11. The third kappa shape index (κ3) is 5.25. The van der Waals surface area contributed by atoms with Gasteiger partial charge in [-0.05, 0) is 61.1 Å². The lowest BCUT2D eigenvalue weighted by atomic mass is 9.96. The van der Waals surface area contributed by atoms with Gasteiger partial charge in [-0.3, -0.25) is 4.79 Å². The predicted molar refractivity (Wildman–Crippen MR) is 151 cm³/mol. The second-order valence-electron chi connectivity index (χ2n) is 9.45. The molecular weight excluding hydrogens is 504 g/mol. The van der Waals surface area contributed by atoms with Gasteiger partial charge in [-0.1, -0.05) is 61.3 Å². The van der Waals surface area contributed by atoms with E-state index in [1.54, 1.807) is 11.8 Å². The predicted octanol–water partition coefficient (Wildman–Crippen LogP) is 8.47. The molecule has 0 unspecified atom stereocenters. The van der Waals surface area contributed by atoms with Crippen LogP contribution in [0.15, 0.2) is 76.2 Å². The van der Waals surface area contributed by atoms with E-state index in [-0.39, 0.29) is 5.97 Å². The van der Waals surface area contributed by atoms with Crippen LogP contribution >= 0.6 is 23.4 Å². The summed E-state index contributed by atoms with van der Waals surface area (Å²) < 4.78 is 17.3. The normalized spacial score (nSPS) is 14.0. The summed E-state index contributed by atoms with van der Waals surface area (Å²) in [6.07, 6.45) is 6.28. The largest absolute Gasteiger partial charge is 0.493 e. The Hall–Kier alpha value is -2.89. The summed E-state index contributed by atoms with van der Waals surface area (Å²) in [5.41, 5.74) is 4.76. The molecule has 0 spiro atoms. The molecule has 6 heteroatoms. The number of fused-ring (bicyclic) bond motifs is 1. The van der Waals surface area contributed by atoms with Gasteiger partial charge >= 0.3 is 5.97 Å². The topological polar surface area (TPSA) is 48.7 Å². The zero-order valence-electron chi connectivity index (χ0n) is 21.2. The first-order valence-corrected chi connectivity index (χ1v) is 14.2. The van der Waals surface area contributed by atoms with Crippen molar-refractivity contribution in [2.24, 2.45) is 0 Å². The minimum atomic E-state index is -0.497. The molecule has 192 valence electrons. The molecule has 1 aromatic heterocycles. The molecule has 4 nitrogen and oxygen atoms in total. The Morgan fingerprint density at radius 2 is 1.92 bits per heavy atom. The number of carbonyl (C=O) groups is 1. The van der Waals surface area contributed by atoms with Crippen molar-refractivity contribution in [2.75, 3.05) is 19.5 Å². The van der Waals surface area contributed by atoms with Crippen LogP contribution in [0, 0.1) is 0 Å². The van der Waals surface area contributed by atoms with Crippen LogP contribution in [0.1, 0.15) is 43.7 Å². The van der Waals surface area contributed by atoms with Crippen LogP contribution in [0.5, 0.6) is 5.75 Å². The Labute approximate surface area is 227 Å². The third-order valence-electron chi connectivity index (χ3n) is 7.00. The highest BCUT2D eigenvalue weighted by molar-refractivity contribution is 7.99. The highest BCUT2D eigenvalue weighted by Gasteiger charge is 2.52. The second-order valence-corrected chi connectivity index (χ2v) is 11.0. The van der Waals surface area contributed by atoms with Crippen molar-refractivity contribution in [2.45, 2.75) is 49.3 Å². The molecule has 0 aliphatic heterocycles. The number of esters is 1. The van der Waals surface area contributed by atoms with E-state index >= 15 is 0 Å². The average Bonchev–Trinajstić information content (AvgIpc) is 3.63. The Kier molecular flexibility index (Phi) is 7.82. The number of benzene rings is 3. The molecule has 1 aliphatic rings. The number of hydrogen-bond donors (Lipinski definition) is 0. The summed E-state index contributed by atoms with van der Waals surface area (Å²) in [6, 6.07) is 20.5. The van der Waals surface area contributed by atoms with Crippen LogP contribution in [-0.2, 0) is 21.4 Å². The molecule has 1 heterocycles. The van der Waals surface area contributed by atoms with E-state index in [2.05, 4.69) is 31.2 Å². The van der Waals surface area contributed by atoms with E-state index in [1.807, 2.05) is 42.7 Å². The van der Waals surface area contributed by atoms with E-state index in [9.17, 15) is 4.79 Å². The molecular formula is C31H31ClO4S. The molecule has 0 radical (unpaired) electrons. The number of carbonyl (C=O) groups excluding carboxylic acids is 1. The Balaban J connectivity index is 1.20. The second kappa shape index (κ2) is 11.2. The standard InChI is InChI=1S/C31H31ClO4S/c1-3-8-24-27(13-12-23-25(20-36-29(23)24)21-9-5-4-6-10-21)35-17-7-18-37-28-14-11-22(19-26(28)32)31(15-16-31)30(33)34-2/h4-6,9-14,19-20H,3,7-8,15-18H2,1-2H3. The van der Waals surface area contributed by atoms with Gasteiger partial charge in [0, 0.05) is 27.2 Å². The minimum absolute atomic E-state index is 0.174. The summed E-state index contributed by atoms with van der Waals surface area (Å²) in [5.74, 6) is 1.60. The van der Waals surface area contributed by atoms with E-state index in [4.69, 9.17) is 25.5 Å². The number of hydrogen-bond acceptors (Lipinski definition) is 5. The fourth-order valence-corrected chi connectivity index (χ4v) is 6.06. The molecule has 3 aromatic carbocycles. The zero-order valence-corrected chi connectivity index (χ0v) is 22.8. The lowest BCUT2D eigenvalue weighted by Gasteiger charge is -2.15. The first-order chi connectivity index (χ1) is 18.1. The number of thioether (sulfide) groups is 1. The van der Waals surface area contributed by atoms with Crippen molar-refractivity contribution in [1.82, 2.24) is 0 Å². The number of ether oxygens (including phenoxy) is 2. The molecule has 0 N–H and O–H groups in total. The van der Waals surface area contributed by atoms with Crippen molar-refractivity contribution in [1.29, 1.82) is 0 Å². The van der Waals surface area contributed by atoms with E-state index in [1.165, 1.54) is 7.11 Å². The molecule has 0 amide bonds. The van der Waals surface area contributed by atoms with Crippen LogP contribution in [0.2, 0.25) is 5.02 Å². The van der Waals surface area contributed by atoms with Gasteiger partial charge in [0.2, 0.25) is 0 Å². The lowest BCUT2D eigenvalue weighted by Crippen LogP contribution is -2.21. The summed E-state index contributed by atoms with van der Waals surface area (Å²) >= 11 is 8.27. The SMILES string of the molecule is CCCc1c(OCCCSc2ccc(C3(C(=O)OC)CC3)cc2Cl)ccc2c(-c3ccccc3)coc12.